The molecule has 1 atom stereocenters. The average molecular weight is 223 g/mol. The van der Waals surface area contributed by atoms with Gasteiger partial charge in [0.15, 0.2) is 0 Å². The molecule has 0 heterocycles. The van der Waals surface area contributed by atoms with E-state index in [1.165, 1.54) is 0 Å². The zero-order valence-corrected chi connectivity index (χ0v) is 9.78. The minimum atomic E-state index is -0.290. The van der Waals surface area contributed by atoms with Crippen LogP contribution < -0.4 is 5.32 Å². The number of phenols is 1. The number of aryl methyl sites for hydroxylation is 1. The summed E-state index contributed by atoms with van der Waals surface area (Å²) in [5.41, 5.74) is 1.20. The van der Waals surface area contributed by atoms with Gasteiger partial charge in [-0.1, -0.05) is 6.07 Å². The van der Waals surface area contributed by atoms with Crippen LogP contribution in [-0.4, -0.2) is 30.8 Å². The van der Waals surface area contributed by atoms with Crippen molar-refractivity contribution in [1.82, 2.24) is 5.32 Å². The Morgan fingerprint density at radius 1 is 1.56 bits per heavy atom. The normalized spacial score (nSPS) is 12.2. The molecule has 4 heteroatoms. The number of carbonyl (C=O) groups excluding carboxylic acids is 1. The van der Waals surface area contributed by atoms with E-state index in [0.29, 0.717) is 6.54 Å². The maximum atomic E-state index is 11.7. The Hall–Kier alpha value is -1.55. The number of hydrogen-bond acceptors (Lipinski definition) is 3. The van der Waals surface area contributed by atoms with Crippen LogP contribution in [0.3, 0.4) is 0 Å². The van der Waals surface area contributed by atoms with Crippen LogP contribution in [-0.2, 0) is 4.74 Å². The van der Waals surface area contributed by atoms with Gasteiger partial charge in [0.2, 0.25) is 0 Å². The molecule has 0 fully saturated rings. The van der Waals surface area contributed by atoms with E-state index in [1.807, 2.05) is 13.8 Å². The lowest BCUT2D eigenvalue weighted by Gasteiger charge is -2.11. The van der Waals surface area contributed by atoms with Gasteiger partial charge in [-0.3, -0.25) is 4.79 Å². The second-order valence-electron chi connectivity index (χ2n) is 3.78. The third kappa shape index (κ3) is 3.24. The van der Waals surface area contributed by atoms with Crippen molar-refractivity contribution in [3.8, 4) is 5.75 Å². The summed E-state index contributed by atoms with van der Waals surface area (Å²) in [7, 11) is 1.58. The van der Waals surface area contributed by atoms with Gasteiger partial charge in [0.1, 0.15) is 5.75 Å². The van der Waals surface area contributed by atoms with Crippen molar-refractivity contribution in [2.24, 2.45) is 0 Å². The molecule has 2 N–H and O–H groups in total. The monoisotopic (exact) mass is 223 g/mol. The Bertz CT molecular complexity index is 377. The molecular formula is C12H17NO3. The Morgan fingerprint density at radius 2 is 2.25 bits per heavy atom. The zero-order chi connectivity index (χ0) is 12.1. The fourth-order valence-electron chi connectivity index (χ4n) is 1.25. The number of carbonyl (C=O) groups is 1. The third-order valence-electron chi connectivity index (χ3n) is 2.35. The van der Waals surface area contributed by atoms with Crippen molar-refractivity contribution in [3.63, 3.8) is 0 Å². The van der Waals surface area contributed by atoms with E-state index in [-0.39, 0.29) is 23.3 Å². The van der Waals surface area contributed by atoms with Crippen molar-refractivity contribution >= 4 is 5.91 Å². The van der Waals surface area contributed by atoms with Crippen LogP contribution in [0.1, 0.15) is 22.8 Å². The summed E-state index contributed by atoms with van der Waals surface area (Å²) in [6.07, 6.45) is -0.0449. The first-order valence-electron chi connectivity index (χ1n) is 5.15. The van der Waals surface area contributed by atoms with Gasteiger partial charge in [-0.15, -0.1) is 0 Å². The third-order valence-corrected chi connectivity index (χ3v) is 2.35. The van der Waals surface area contributed by atoms with E-state index >= 15 is 0 Å². The van der Waals surface area contributed by atoms with E-state index in [0.717, 1.165) is 5.56 Å². The molecule has 0 bridgehead atoms. The standard InChI is InChI=1S/C12H17NO3/c1-8-4-5-10(11(14)6-8)12(15)13-7-9(2)16-3/h4-6,9,14H,7H2,1-3H3,(H,13,15). The van der Waals surface area contributed by atoms with Crippen molar-refractivity contribution in [2.75, 3.05) is 13.7 Å². The largest absolute Gasteiger partial charge is 0.507 e. The molecule has 1 aromatic carbocycles. The molecule has 0 spiro atoms. The molecule has 0 aliphatic carbocycles. The number of rotatable bonds is 4. The lowest BCUT2D eigenvalue weighted by Crippen LogP contribution is -2.31. The number of aromatic hydroxyl groups is 1. The summed E-state index contributed by atoms with van der Waals surface area (Å²) in [5, 5.41) is 12.3. The Kier molecular flexibility index (Phi) is 4.31. The summed E-state index contributed by atoms with van der Waals surface area (Å²) in [4.78, 5) is 11.7. The van der Waals surface area contributed by atoms with E-state index in [9.17, 15) is 9.90 Å². The SMILES string of the molecule is COC(C)CNC(=O)c1ccc(C)cc1O. The predicted molar refractivity (Wildman–Crippen MR) is 61.6 cm³/mol. The van der Waals surface area contributed by atoms with Crippen LogP contribution in [0.4, 0.5) is 0 Å². The van der Waals surface area contributed by atoms with E-state index < -0.39 is 0 Å². The number of hydrogen-bond donors (Lipinski definition) is 2. The van der Waals surface area contributed by atoms with Crippen molar-refractivity contribution in [2.45, 2.75) is 20.0 Å². The van der Waals surface area contributed by atoms with Gasteiger partial charge in [0, 0.05) is 13.7 Å². The molecule has 0 aliphatic rings. The predicted octanol–water partition coefficient (Wildman–Crippen LogP) is 1.47. The van der Waals surface area contributed by atoms with Crippen molar-refractivity contribution < 1.29 is 14.6 Å². The summed E-state index contributed by atoms with van der Waals surface area (Å²) < 4.78 is 5.01. The molecule has 4 nitrogen and oxygen atoms in total. The Balaban J connectivity index is 2.66. The number of nitrogens with one attached hydrogen (secondary N) is 1. The van der Waals surface area contributed by atoms with Gasteiger partial charge >= 0.3 is 0 Å². The highest BCUT2D eigenvalue weighted by Gasteiger charge is 2.11. The molecule has 0 radical (unpaired) electrons. The molecule has 1 aromatic rings. The van der Waals surface area contributed by atoms with Gasteiger partial charge in [-0.05, 0) is 31.5 Å². The van der Waals surface area contributed by atoms with Crippen molar-refractivity contribution in [3.05, 3.63) is 29.3 Å². The second kappa shape index (κ2) is 5.51. The number of amides is 1. The van der Waals surface area contributed by atoms with Gasteiger partial charge < -0.3 is 15.2 Å². The minimum absolute atomic E-state index is 0.00238. The maximum absolute atomic E-state index is 11.7. The summed E-state index contributed by atoms with van der Waals surface area (Å²) in [5.74, 6) is -0.288. The second-order valence-corrected chi connectivity index (χ2v) is 3.78. The highest BCUT2D eigenvalue weighted by Crippen LogP contribution is 2.17. The molecule has 1 amide bonds. The molecular weight excluding hydrogens is 206 g/mol. The Morgan fingerprint density at radius 3 is 2.81 bits per heavy atom. The molecule has 1 unspecified atom stereocenters. The van der Waals surface area contributed by atoms with Gasteiger partial charge in [0.05, 0.1) is 11.7 Å². The number of methoxy groups -OCH3 is 1. The van der Waals surface area contributed by atoms with Crippen molar-refractivity contribution in [1.29, 1.82) is 0 Å². The molecule has 0 saturated carbocycles. The fourth-order valence-corrected chi connectivity index (χ4v) is 1.25. The first kappa shape index (κ1) is 12.5. The molecule has 0 aliphatic heterocycles. The van der Waals surface area contributed by atoms with Gasteiger partial charge in [-0.2, -0.15) is 0 Å². The van der Waals surface area contributed by atoms with Crippen LogP contribution in [0.2, 0.25) is 0 Å². The lowest BCUT2D eigenvalue weighted by atomic mass is 10.1. The zero-order valence-electron chi connectivity index (χ0n) is 9.78. The van der Waals surface area contributed by atoms with Crippen LogP contribution in [0.5, 0.6) is 5.75 Å². The van der Waals surface area contributed by atoms with Gasteiger partial charge in [0.25, 0.3) is 5.91 Å². The Labute approximate surface area is 95.2 Å². The molecule has 0 aromatic heterocycles. The minimum Gasteiger partial charge on any atom is -0.507 e. The van der Waals surface area contributed by atoms with Crippen LogP contribution in [0.15, 0.2) is 18.2 Å². The maximum Gasteiger partial charge on any atom is 0.255 e. The average Bonchev–Trinajstić information content (AvgIpc) is 2.25. The smallest absolute Gasteiger partial charge is 0.255 e. The van der Waals surface area contributed by atoms with Crippen LogP contribution in [0.25, 0.3) is 0 Å². The quantitative estimate of drug-likeness (QED) is 0.812. The highest BCUT2D eigenvalue weighted by atomic mass is 16.5. The molecule has 1 rings (SSSR count). The van der Waals surface area contributed by atoms with E-state index in [2.05, 4.69) is 5.32 Å². The topological polar surface area (TPSA) is 58.6 Å². The van der Waals surface area contributed by atoms with E-state index in [1.54, 1.807) is 25.3 Å². The summed E-state index contributed by atoms with van der Waals surface area (Å²) >= 11 is 0. The fraction of sp³-hybridized carbons (Fsp3) is 0.417. The number of ether oxygens (including phenoxy) is 1. The van der Waals surface area contributed by atoms with Gasteiger partial charge in [-0.25, -0.2) is 0 Å². The number of phenolic OH excluding ortho intramolecular Hbond substituents is 1. The lowest BCUT2D eigenvalue weighted by molar-refractivity contribution is 0.0868. The molecule has 0 saturated heterocycles. The van der Waals surface area contributed by atoms with Crippen LogP contribution in [0, 0.1) is 6.92 Å². The summed E-state index contributed by atoms with van der Waals surface area (Å²) in [6.45, 7) is 4.13. The first-order valence-corrected chi connectivity index (χ1v) is 5.15. The first-order chi connectivity index (χ1) is 7.54. The molecule has 16 heavy (non-hydrogen) atoms. The van der Waals surface area contributed by atoms with Crippen LogP contribution >= 0.6 is 0 Å². The molecule has 88 valence electrons. The summed E-state index contributed by atoms with van der Waals surface area (Å²) in [6, 6.07) is 4.96. The number of benzene rings is 1. The van der Waals surface area contributed by atoms with E-state index in [4.69, 9.17) is 4.74 Å². The highest BCUT2D eigenvalue weighted by molar-refractivity contribution is 5.96.